The molecule has 1 atom stereocenters. The van der Waals surface area contributed by atoms with Gasteiger partial charge >= 0.3 is 5.97 Å². The SMILES string of the molecule is C[C@H](OC(=O)CCN1C(=O)c2ccccc2C1=O)C(=O)Nc1ccc(F)c(F)c1. The number of carbonyl (C=O) groups is 4. The quantitative estimate of drug-likeness (QED) is 0.592. The van der Waals surface area contributed by atoms with Crippen LogP contribution in [0.25, 0.3) is 0 Å². The number of nitrogens with one attached hydrogen (secondary N) is 1. The van der Waals surface area contributed by atoms with Gasteiger partial charge in [0.05, 0.1) is 17.5 Å². The molecule has 3 rings (SSSR count). The Labute approximate surface area is 164 Å². The Morgan fingerprint density at radius 2 is 1.66 bits per heavy atom. The Balaban J connectivity index is 1.51. The predicted octanol–water partition coefficient (Wildman–Crippen LogP) is 2.52. The number of halogens is 2. The number of hydrogen-bond donors (Lipinski definition) is 1. The van der Waals surface area contributed by atoms with Crippen LogP contribution in [-0.2, 0) is 14.3 Å². The number of anilines is 1. The highest BCUT2D eigenvalue weighted by Gasteiger charge is 2.35. The second-order valence-corrected chi connectivity index (χ2v) is 6.31. The number of nitrogens with zero attached hydrogens (tertiary/aromatic N) is 1. The minimum absolute atomic E-state index is 0.00261. The minimum atomic E-state index is -1.22. The zero-order valence-electron chi connectivity index (χ0n) is 15.3. The molecule has 0 saturated carbocycles. The lowest BCUT2D eigenvalue weighted by atomic mass is 10.1. The molecule has 7 nitrogen and oxygen atoms in total. The van der Waals surface area contributed by atoms with Gasteiger partial charge < -0.3 is 10.1 Å². The summed E-state index contributed by atoms with van der Waals surface area (Å²) >= 11 is 0. The van der Waals surface area contributed by atoms with Crippen molar-refractivity contribution in [3.63, 3.8) is 0 Å². The smallest absolute Gasteiger partial charge is 0.308 e. The molecule has 1 heterocycles. The highest BCUT2D eigenvalue weighted by molar-refractivity contribution is 6.21. The van der Waals surface area contributed by atoms with E-state index in [1.165, 1.54) is 19.1 Å². The lowest BCUT2D eigenvalue weighted by molar-refractivity contribution is -0.153. The fourth-order valence-corrected chi connectivity index (χ4v) is 2.77. The van der Waals surface area contributed by atoms with Gasteiger partial charge in [0.1, 0.15) is 0 Å². The van der Waals surface area contributed by atoms with Gasteiger partial charge in [-0.3, -0.25) is 24.1 Å². The van der Waals surface area contributed by atoms with Crippen LogP contribution >= 0.6 is 0 Å². The van der Waals surface area contributed by atoms with E-state index in [0.29, 0.717) is 0 Å². The van der Waals surface area contributed by atoms with Gasteiger partial charge in [-0.05, 0) is 31.2 Å². The summed E-state index contributed by atoms with van der Waals surface area (Å²) in [7, 11) is 0. The van der Waals surface area contributed by atoms with E-state index in [2.05, 4.69) is 5.32 Å². The van der Waals surface area contributed by atoms with Gasteiger partial charge in [-0.1, -0.05) is 12.1 Å². The average molecular weight is 402 g/mol. The summed E-state index contributed by atoms with van der Waals surface area (Å²) < 4.78 is 31.1. The Morgan fingerprint density at radius 1 is 1.03 bits per heavy atom. The maximum atomic E-state index is 13.2. The van der Waals surface area contributed by atoms with E-state index < -0.39 is 41.4 Å². The van der Waals surface area contributed by atoms with Crippen LogP contribution in [0.5, 0.6) is 0 Å². The van der Waals surface area contributed by atoms with Crippen LogP contribution in [0.2, 0.25) is 0 Å². The molecule has 29 heavy (non-hydrogen) atoms. The van der Waals surface area contributed by atoms with Crippen LogP contribution in [0, 0.1) is 11.6 Å². The number of carbonyl (C=O) groups excluding carboxylic acids is 4. The van der Waals surface area contributed by atoms with Crippen molar-refractivity contribution < 1.29 is 32.7 Å². The number of benzene rings is 2. The molecule has 0 fully saturated rings. The van der Waals surface area contributed by atoms with Crippen molar-refractivity contribution in [2.24, 2.45) is 0 Å². The Hall–Kier alpha value is -3.62. The van der Waals surface area contributed by atoms with E-state index in [9.17, 15) is 28.0 Å². The lowest BCUT2D eigenvalue weighted by Gasteiger charge is -2.16. The molecule has 3 amide bonds. The highest BCUT2D eigenvalue weighted by Crippen LogP contribution is 2.22. The summed E-state index contributed by atoms with van der Waals surface area (Å²) in [5.74, 6) is -4.73. The highest BCUT2D eigenvalue weighted by atomic mass is 19.2. The molecule has 0 unspecified atom stereocenters. The van der Waals surface area contributed by atoms with Gasteiger partial charge in [-0.2, -0.15) is 0 Å². The second-order valence-electron chi connectivity index (χ2n) is 6.31. The van der Waals surface area contributed by atoms with Crippen LogP contribution in [0.15, 0.2) is 42.5 Å². The standard InChI is InChI=1S/C20H16F2N2O5/c1-11(18(26)23-12-6-7-15(21)16(22)10-12)29-17(25)8-9-24-19(27)13-4-2-3-5-14(13)20(24)28/h2-7,10-11H,8-9H2,1H3,(H,23,26)/t11-/m0/s1. The zero-order chi connectivity index (χ0) is 21.1. The third-order valence-corrected chi connectivity index (χ3v) is 4.28. The second kappa shape index (κ2) is 8.17. The Kier molecular flexibility index (Phi) is 5.67. The molecule has 1 N–H and O–H groups in total. The van der Waals surface area contributed by atoms with Crippen LogP contribution in [-0.4, -0.2) is 41.2 Å². The molecule has 0 spiro atoms. The van der Waals surface area contributed by atoms with E-state index in [4.69, 9.17) is 4.74 Å². The predicted molar refractivity (Wildman–Crippen MR) is 97.0 cm³/mol. The molecule has 1 aliphatic heterocycles. The van der Waals surface area contributed by atoms with Crippen molar-refractivity contribution in [2.45, 2.75) is 19.4 Å². The normalized spacial score (nSPS) is 13.8. The average Bonchev–Trinajstić information content (AvgIpc) is 2.93. The maximum absolute atomic E-state index is 13.2. The van der Waals surface area contributed by atoms with Crippen molar-refractivity contribution in [3.8, 4) is 0 Å². The van der Waals surface area contributed by atoms with E-state index in [1.807, 2.05) is 0 Å². The summed E-state index contributed by atoms with van der Waals surface area (Å²) in [6.07, 6.45) is -1.52. The van der Waals surface area contributed by atoms with Crippen molar-refractivity contribution in [2.75, 3.05) is 11.9 Å². The topological polar surface area (TPSA) is 92.8 Å². The molecule has 0 bridgehead atoms. The van der Waals surface area contributed by atoms with Crippen molar-refractivity contribution in [3.05, 3.63) is 65.2 Å². The largest absolute Gasteiger partial charge is 0.452 e. The number of rotatable bonds is 6. The van der Waals surface area contributed by atoms with Gasteiger partial charge in [0.2, 0.25) is 0 Å². The number of imide groups is 1. The number of esters is 1. The monoisotopic (exact) mass is 402 g/mol. The third kappa shape index (κ3) is 4.29. The molecule has 2 aromatic rings. The summed E-state index contributed by atoms with van der Waals surface area (Å²) in [5, 5.41) is 2.30. The number of amides is 3. The fraction of sp³-hybridized carbons (Fsp3) is 0.200. The van der Waals surface area contributed by atoms with E-state index in [0.717, 1.165) is 23.1 Å². The Morgan fingerprint density at radius 3 is 2.24 bits per heavy atom. The van der Waals surface area contributed by atoms with Crippen LogP contribution in [0.3, 0.4) is 0 Å². The van der Waals surface area contributed by atoms with E-state index in [1.54, 1.807) is 12.1 Å². The Bertz CT molecular complexity index is 973. The molecule has 0 radical (unpaired) electrons. The van der Waals surface area contributed by atoms with Crippen LogP contribution in [0.1, 0.15) is 34.1 Å². The summed E-state index contributed by atoms with van der Waals surface area (Å²) in [4.78, 5) is 49.4. The summed E-state index contributed by atoms with van der Waals surface area (Å²) in [6, 6.07) is 9.13. The van der Waals surface area contributed by atoms with Gasteiger partial charge in [-0.25, -0.2) is 8.78 Å². The number of ether oxygens (including phenoxy) is 1. The first-order valence-corrected chi connectivity index (χ1v) is 8.68. The van der Waals surface area contributed by atoms with Crippen LogP contribution in [0.4, 0.5) is 14.5 Å². The molecule has 0 saturated heterocycles. The molecule has 9 heteroatoms. The van der Waals surface area contributed by atoms with E-state index >= 15 is 0 Å². The number of fused-ring (bicyclic) bond motifs is 1. The van der Waals surface area contributed by atoms with Gasteiger partial charge in [0, 0.05) is 18.3 Å². The molecule has 0 aromatic heterocycles. The van der Waals surface area contributed by atoms with Crippen LogP contribution < -0.4 is 5.32 Å². The fourth-order valence-electron chi connectivity index (χ4n) is 2.77. The lowest BCUT2D eigenvalue weighted by Crippen LogP contribution is -2.34. The van der Waals surface area contributed by atoms with Gasteiger partial charge in [0.25, 0.3) is 17.7 Å². The zero-order valence-corrected chi connectivity index (χ0v) is 15.3. The van der Waals surface area contributed by atoms with Gasteiger partial charge in [-0.15, -0.1) is 0 Å². The van der Waals surface area contributed by atoms with Crippen molar-refractivity contribution >= 4 is 29.4 Å². The first-order chi connectivity index (χ1) is 13.8. The molecule has 1 aliphatic rings. The van der Waals surface area contributed by atoms with Gasteiger partial charge in [0.15, 0.2) is 17.7 Å². The molecule has 2 aromatic carbocycles. The first-order valence-electron chi connectivity index (χ1n) is 8.68. The summed E-state index contributed by atoms with van der Waals surface area (Å²) in [6.45, 7) is 1.11. The summed E-state index contributed by atoms with van der Waals surface area (Å²) in [5.41, 5.74) is 0.540. The molecular formula is C20H16F2N2O5. The molecule has 0 aliphatic carbocycles. The van der Waals surface area contributed by atoms with E-state index in [-0.39, 0.29) is 29.8 Å². The number of hydrogen-bond acceptors (Lipinski definition) is 5. The molecule has 150 valence electrons. The molecular weight excluding hydrogens is 386 g/mol. The third-order valence-electron chi connectivity index (χ3n) is 4.28. The van der Waals surface area contributed by atoms with Crippen molar-refractivity contribution in [1.29, 1.82) is 0 Å². The van der Waals surface area contributed by atoms with Crippen molar-refractivity contribution in [1.82, 2.24) is 4.90 Å². The first kappa shape index (κ1) is 20.1. The maximum Gasteiger partial charge on any atom is 0.308 e. The minimum Gasteiger partial charge on any atom is -0.452 e.